The maximum atomic E-state index is 10.2. The van der Waals surface area contributed by atoms with E-state index >= 15 is 0 Å². The van der Waals surface area contributed by atoms with E-state index < -0.39 is 0 Å². The maximum absolute atomic E-state index is 10.2. The van der Waals surface area contributed by atoms with Crippen LogP contribution in [0.3, 0.4) is 0 Å². The number of guanidine groups is 1. The number of hydrogen-bond acceptors (Lipinski definition) is 4. The minimum atomic E-state index is -0.352. The number of nitrogens with one attached hydrogen (secondary N) is 2. The molecular weight excluding hydrogens is 122 g/mol. The lowest BCUT2D eigenvalue weighted by Gasteiger charge is -1.93. The Morgan fingerprint density at radius 2 is 2.33 bits per heavy atom. The second kappa shape index (κ2) is 3.53. The molecule has 4 N–H and O–H groups in total. The number of nitrogens with two attached hydrogens (primary N) is 1. The number of carbonyl (C=O) groups excluding carboxylic acids is 1. The van der Waals surface area contributed by atoms with Crippen LogP contribution < -0.4 is 11.2 Å². The van der Waals surface area contributed by atoms with Crippen molar-refractivity contribution in [3.8, 4) is 0 Å². The summed E-state index contributed by atoms with van der Waals surface area (Å²) in [5.41, 5.74) is 6.35. The molecule has 0 aliphatic carbocycles. The molecule has 0 bridgehead atoms. The summed E-state index contributed by atoms with van der Waals surface area (Å²) in [6, 6.07) is 0. The molecule has 0 heterocycles. The molecule has 0 saturated carbocycles. The Morgan fingerprint density at radius 3 is 2.44 bits per heavy atom. The van der Waals surface area contributed by atoms with Gasteiger partial charge in [-0.25, -0.2) is 5.53 Å². The molecule has 0 aliphatic heterocycles. The molecule has 0 aromatic rings. The Kier molecular flexibility index (Phi) is 2.96. The highest BCUT2D eigenvalue weighted by Gasteiger charge is 1.95. The Morgan fingerprint density at radius 1 is 1.78 bits per heavy atom. The minimum Gasteiger partial charge on any atom is -0.320 e. The first-order chi connectivity index (χ1) is 4.20. The highest BCUT2D eigenvalue weighted by molar-refractivity contribution is 5.95. The molecule has 0 aliphatic rings. The molecule has 0 saturated heterocycles. The van der Waals surface area contributed by atoms with Crippen molar-refractivity contribution in [1.82, 2.24) is 5.32 Å². The fourth-order valence-corrected chi connectivity index (χ4v) is 0.247. The SMILES string of the molecule is CC(=O)N/C(N=N)=N/N. The van der Waals surface area contributed by atoms with Crippen LogP contribution in [-0.2, 0) is 4.79 Å². The molecule has 6 heteroatoms. The summed E-state index contributed by atoms with van der Waals surface area (Å²) in [5.74, 6) is 4.15. The lowest BCUT2D eigenvalue weighted by atomic mass is 10.7. The zero-order chi connectivity index (χ0) is 7.28. The van der Waals surface area contributed by atoms with Crippen molar-refractivity contribution >= 4 is 11.9 Å². The molecule has 0 aromatic carbocycles. The third kappa shape index (κ3) is 3.15. The molecule has 6 nitrogen and oxygen atoms in total. The van der Waals surface area contributed by atoms with Gasteiger partial charge in [-0.05, 0) is 0 Å². The first kappa shape index (κ1) is 7.54. The van der Waals surface area contributed by atoms with Crippen molar-refractivity contribution in [1.29, 1.82) is 5.53 Å². The summed E-state index contributed by atoms with van der Waals surface area (Å²) < 4.78 is 0. The Bertz CT molecular complexity index is 150. The quantitative estimate of drug-likeness (QED) is 0.133. The first-order valence-electron chi connectivity index (χ1n) is 2.13. The summed E-state index contributed by atoms with van der Waals surface area (Å²) in [6.07, 6.45) is 0. The van der Waals surface area contributed by atoms with E-state index in [0.29, 0.717) is 0 Å². The second-order valence-electron chi connectivity index (χ2n) is 1.25. The average molecular weight is 129 g/mol. The van der Waals surface area contributed by atoms with E-state index in [-0.39, 0.29) is 11.9 Å². The van der Waals surface area contributed by atoms with Gasteiger partial charge in [0.25, 0.3) is 5.96 Å². The van der Waals surface area contributed by atoms with Crippen LogP contribution in [0.5, 0.6) is 0 Å². The van der Waals surface area contributed by atoms with Crippen molar-refractivity contribution in [3.05, 3.63) is 0 Å². The third-order valence-electron chi connectivity index (χ3n) is 0.516. The lowest BCUT2D eigenvalue weighted by Crippen LogP contribution is -2.27. The monoisotopic (exact) mass is 129 g/mol. The lowest BCUT2D eigenvalue weighted by molar-refractivity contribution is -0.117. The van der Waals surface area contributed by atoms with Gasteiger partial charge in [0.1, 0.15) is 0 Å². The normalized spacial score (nSPS) is 10.6. The molecule has 0 aromatic heterocycles. The van der Waals surface area contributed by atoms with Gasteiger partial charge in [-0.3, -0.25) is 10.1 Å². The number of amides is 1. The van der Waals surface area contributed by atoms with Crippen LogP contribution in [-0.4, -0.2) is 11.9 Å². The molecule has 0 radical (unpaired) electrons. The molecular formula is C3H7N5O. The van der Waals surface area contributed by atoms with Crippen molar-refractivity contribution in [2.24, 2.45) is 16.1 Å². The summed E-state index contributed by atoms with van der Waals surface area (Å²) in [4.78, 5) is 10.2. The summed E-state index contributed by atoms with van der Waals surface area (Å²) in [6.45, 7) is 1.27. The van der Waals surface area contributed by atoms with E-state index in [2.05, 4.69) is 15.5 Å². The molecule has 50 valence electrons. The molecule has 1 amide bonds. The smallest absolute Gasteiger partial charge is 0.264 e. The first-order valence-corrected chi connectivity index (χ1v) is 2.13. The van der Waals surface area contributed by atoms with E-state index in [4.69, 9.17) is 11.4 Å². The molecule has 0 spiro atoms. The number of hydrazone groups is 1. The van der Waals surface area contributed by atoms with Gasteiger partial charge in [0.05, 0.1) is 0 Å². The van der Waals surface area contributed by atoms with Gasteiger partial charge in [-0.15, -0.1) is 10.2 Å². The standard InChI is InChI=1S/C3H7N5O/c1-2(9)6-3(7-4)8-5/h4H,5H2,1H3,(H,6,8,9). The van der Waals surface area contributed by atoms with Crippen molar-refractivity contribution in [2.45, 2.75) is 6.92 Å². The highest BCUT2D eigenvalue weighted by Crippen LogP contribution is 1.69. The zero-order valence-electron chi connectivity index (χ0n) is 4.88. The van der Waals surface area contributed by atoms with Crippen LogP contribution in [0.25, 0.3) is 0 Å². The van der Waals surface area contributed by atoms with Gasteiger partial charge in [0.15, 0.2) is 0 Å². The number of rotatable bonds is 0. The van der Waals surface area contributed by atoms with Crippen molar-refractivity contribution in [3.63, 3.8) is 0 Å². The predicted octanol–water partition coefficient (Wildman–Crippen LogP) is -0.617. The molecule has 0 atom stereocenters. The van der Waals surface area contributed by atoms with Crippen LogP contribution in [0.1, 0.15) is 6.92 Å². The Hall–Kier alpha value is -1.46. The van der Waals surface area contributed by atoms with Gasteiger partial charge in [0.2, 0.25) is 5.91 Å². The van der Waals surface area contributed by atoms with Crippen LogP contribution in [0.15, 0.2) is 10.2 Å². The van der Waals surface area contributed by atoms with E-state index in [0.717, 1.165) is 0 Å². The summed E-state index contributed by atoms with van der Waals surface area (Å²) in [7, 11) is 0. The van der Waals surface area contributed by atoms with E-state index in [1.165, 1.54) is 6.92 Å². The van der Waals surface area contributed by atoms with Gasteiger partial charge >= 0.3 is 0 Å². The molecule has 9 heavy (non-hydrogen) atoms. The largest absolute Gasteiger partial charge is 0.320 e. The number of hydrogen-bond donors (Lipinski definition) is 3. The van der Waals surface area contributed by atoms with Gasteiger partial charge < -0.3 is 5.84 Å². The topological polar surface area (TPSA) is 104 Å². The van der Waals surface area contributed by atoms with Crippen molar-refractivity contribution in [2.75, 3.05) is 0 Å². The van der Waals surface area contributed by atoms with Gasteiger partial charge in [0, 0.05) is 6.92 Å². The van der Waals surface area contributed by atoms with Crippen LogP contribution in [0.2, 0.25) is 0 Å². The average Bonchev–Trinajstić information content (AvgIpc) is 1.82. The second-order valence-corrected chi connectivity index (χ2v) is 1.25. The van der Waals surface area contributed by atoms with Gasteiger partial charge in [-0.1, -0.05) is 0 Å². The zero-order valence-corrected chi connectivity index (χ0v) is 4.88. The predicted molar refractivity (Wildman–Crippen MR) is 30.6 cm³/mol. The van der Waals surface area contributed by atoms with Gasteiger partial charge in [-0.2, -0.15) is 0 Å². The minimum absolute atomic E-state index is 0.192. The molecule has 0 unspecified atom stereocenters. The molecule has 0 fully saturated rings. The fourth-order valence-electron chi connectivity index (χ4n) is 0.247. The van der Waals surface area contributed by atoms with Crippen LogP contribution >= 0.6 is 0 Å². The van der Waals surface area contributed by atoms with Crippen LogP contribution in [0.4, 0.5) is 0 Å². The number of carbonyl (C=O) groups is 1. The Balaban J connectivity index is 3.86. The molecule has 0 rings (SSSR count). The summed E-state index contributed by atoms with van der Waals surface area (Å²) in [5, 5.41) is 7.88. The third-order valence-corrected chi connectivity index (χ3v) is 0.516. The van der Waals surface area contributed by atoms with E-state index in [1.54, 1.807) is 0 Å². The van der Waals surface area contributed by atoms with E-state index in [9.17, 15) is 4.79 Å². The maximum Gasteiger partial charge on any atom is 0.264 e. The van der Waals surface area contributed by atoms with E-state index in [1.807, 2.05) is 0 Å². The summed E-state index contributed by atoms with van der Waals surface area (Å²) >= 11 is 0. The fraction of sp³-hybridized carbons (Fsp3) is 0.333. The Labute approximate surface area is 51.6 Å². The number of nitrogens with zero attached hydrogens (tertiary/aromatic N) is 2. The highest BCUT2D eigenvalue weighted by atomic mass is 16.1. The van der Waals surface area contributed by atoms with Crippen LogP contribution in [0, 0.1) is 5.53 Å². The van der Waals surface area contributed by atoms with Crippen molar-refractivity contribution < 1.29 is 4.79 Å².